The fourth-order valence-electron chi connectivity index (χ4n) is 3.83. The average molecular weight is 550 g/mol. The molecule has 0 radical (unpaired) electrons. The molecule has 1 aliphatic heterocycles. The van der Waals surface area contributed by atoms with Gasteiger partial charge in [0.15, 0.2) is 5.69 Å². The Morgan fingerprint density at radius 2 is 1.61 bits per heavy atom. The topological polar surface area (TPSA) is 142 Å². The van der Waals surface area contributed by atoms with Gasteiger partial charge in [-0.15, -0.1) is 0 Å². The van der Waals surface area contributed by atoms with Crippen molar-refractivity contribution in [3.05, 3.63) is 44.5 Å². The van der Waals surface area contributed by atoms with Crippen molar-refractivity contribution in [1.82, 2.24) is 34.6 Å². The molecule has 2 N–H and O–H groups in total. The summed E-state index contributed by atoms with van der Waals surface area (Å²) in [6.45, 7) is 0.742. The summed E-state index contributed by atoms with van der Waals surface area (Å²) in [5, 5.41) is 2.60. The standard InChI is InChI=1S/C20H20F6N8O4/c21-19(22,23)11-9-27-17(28-10-11)33-4-2-32(3-5-33)12(35)1-7-38-8-6-34-15-13(14(31-34)20(24,25)26)16(36)30-18(37)29-15/h9-10H,1-8H2,(H2,29,30,36,37). The number of nitrogens with one attached hydrogen (secondary N) is 2. The molecule has 3 aromatic heterocycles. The third kappa shape index (κ3) is 5.95. The molecular weight excluding hydrogens is 530 g/mol. The number of hydrogen-bond donors (Lipinski definition) is 2. The molecule has 0 aromatic carbocycles. The van der Waals surface area contributed by atoms with Crippen LogP contribution >= 0.6 is 0 Å². The first kappa shape index (κ1) is 27.1. The van der Waals surface area contributed by atoms with E-state index >= 15 is 0 Å². The zero-order valence-corrected chi connectivity index (χ0v) is 19.4. The number of halogens is 6. The highest BCUT2D eigenvalue weighted by molar-refractivity contribution is 5.77. The lowest BCUT2D eigenvalue weighted by Crippen LogP contribution is -2.49. The van der Waals surface area contributed by atoms with Crippen LogP contribution in [0.15, 0.2) is 22.0 Å². The number of anilines is 1. The number of aromatic nitrogens is 6. The van der Waals surface area contributed by atoms with Gasteiger partial charge in [-0.3, -0.25) is 19.6 Å². The fraction of sp³-hybridized carbons (Fsp3) is 0.500. The number of amides is 1. The first-order valence-electron chi connectivity index (χ1n) is 11.1. The SMILES string of the molecule is O=C(CCOCCn1nc(C(F)(F)F)c2c(=O)[nH]c(=O)[nH]c21)N1CCN(c2ncc(C(F)(F)F)cn2)CC1. The molecule has 4 rings (SSSR count). The molecule has 18 heteroatoms. The Morgan fingerprint density at radius 1 is 0.947 bits per heavy atom. The van der Waals surface area contributed by atoms with Crippen LogP contribution in [0.2, 0.25) is 0 Å². The van der Waals surface area contributed by atoms with Gasteiger partial charge in [-0.05, 0) is 0 Å². The molecule has 0 aliphatic carbocycles. The smallest absolute Gasteiger partial charge is 0.379 e. The molecule has 4 heterocycles. The summed E-state index contributed by atoms with van der Waals surface area (Å²) in [6, 6.07) is 0. The number of alkyl halides is 6. The average Bonchev–Trinajstić information content (AvgIpc) is 3.22. The Kier molecular flexibility index (Phi) is 7.43. The second-order valence-electron chi connectivity index (χ2n) is 8.20. The summed E-state index contributed by atoms with van der Waals surface area (Å²) in [5.41, 5.74) is -5.02. The van der Waals surface area contributed by atoms with Crippen molar-refractivity contribution in [2.75, 3.05) is 44.3 Å². The third-order valence-corrected chi connectivity index (χ3v) is 5.70. The van der Waals surface area contributed by atoms with E-state index in [-0.39, 0.29) is 51.1 Å². The zero-order valence-electron chi connectivity index (χ0n) is 19.4. The summed E-state index contributed by atoms with van der Waals surface area (Å²) >= 11 is 0. The van der Waals surface area contributed by atoms with Crippen LogP contribution in [0, 0.1) is 0 Å². The maximum absolute atomic E-state index is 13.3. The molecule has 0 bridgehead atoms. The van der Waals surface area contributed by atoms with Gasteiger partial charge < -0.3 is 14.5 Å². The second kappa shape index (κ2) is 10.4. The quantitative estimate of drug-likeness (QED) is 0.328. The number of H-pyrrole nitrogens is 2. The van der Waals surface area contributed by atoms with Crippen molar-refractivity contribution in [2.24, 2.45) is 0 Å². The molecule has 0 atom stereocenters. The van der Waals surface area contributed by atoms with Gasteiger partial charge in [0.1, 0.15) is 11.0 Å². The molecule has 3 aromatic rings. The predicted molar refractivity (Wildman–Crippen MR) is 117 cm³/mol. The van der Waals surface area contributed by atoms with E-state index in [1.165, 1.54) is 4.90 Å². The molecule has 38 heavy (non-hydrogen) atoms. The van der Waals surface area contributed by atoms with Crippen LogP contribution in [0.25, 0.3) is 11.0 Å². The molecule has 0 spiro atoms. The lowest BCUT2D eigenvalue weighted by Gasteiger charge is -2.34. The molecule has 206 valence electrons. The number of piperazine rings is 1. The van der Waals surface area contributed by atoms with E-state index in [4.69, 9.17) is 4.74 Å². The molecular formula is C20H20F6N8O4. The van der Waals surface area contributed by atoms with Crippen molar-refractivity contribution in [3.63, 3.8) is 0 Å². The second-order valence-corrected chi connectivity index (χ2v) is 8.20. The van der Waals surface area contributed by atoms with E-state index in [2.05, 4.69) is 20.1 Å². The van der Waals surface area contributed by atoms with E-state index in [0.717, 1.165) is 4.68 Å². The summed E-state index contributed by atoms with van der Waals surface area (Å²) < 4.78 is 83.9. The van der Waals surface area contributed by atoms with Crippen LogP contribution in [0.3, 0.4) is 0 Å². The Hall–Kier alpha value is -3.96. The number of ether oxygens (including phenoxy) is 1. The minimum Gasteiger partial charge on any atom is -0.379 e. The number of carbonyl (C=O) groups is 1. The van der Waals surface area contributed by atoms with Gasteiger partial charge >= 0.3 is 18.0 Å². The van der Waals surface area contributed by atoms with E-state index in [1.54, 1.807) is 9.88 Å². The van der Waals surface area contributed by atoms with Gasteiger partial charge in [0.25, 0.3) is 5.56 Å². The Bertz CT molecular complexity index is 1400. The number of rotatable bonds is 7. The van der Waals surface area contributed by atoms with Crippen LogP contribution in [0.5, 0.6) is 0 Å². The fourth-order valence-corrected chi connectivity index (χ4v) is 3.83. The molecule has 12 nitrogen and oxygen atoms in total. The lowest BCUT2D eigenvalue weighted by molar-refractivity contribution is -0.140. The van der Waals surface area contributed by atoms with E-state index < -0.39 is 45.9 Å². The molecule has 1 saturated heterocycles. The van der Waals surface area contributed by atoms with Crippen molar-refractivity contribution in [1.29, 1.82) is 0 Å². The maximum Gasteiger partial charge on any atom is 0.436 e. The predicted octanol–water partition coefficient (Wildman–Crippen LogP) is 0.996. The van der Waals surface area contributed by atoms with Crippen LogP contribution in [0.4, 0.5) is 32.3 Å². The number of fused-ring (bicyclic) bond motifs is 1. The van der Waals surface area contributed by atoms with E-state index in [0.29, 0.717) is 25.5 Å². The Morgan fingerprint density at radius 3 is 2.21 bits per heavy atom. The zero-order chi connectivity index (χ0) is 27.7. The number of nitrogens with zero attached hydrogens (tertiary/aromatic N) is 6. The first-order valence-corrected chi connectivity index (χ1v) is 11.1. The number of aromatic amines is 2. The minimum absolute atomic E-state index is 0.0268. The van der Waals surface area contributed by atoms with Gasteiger partial charge in [-0.1, -0.05) is 0 Å². The highest BCUT2D eigenvalue weighted by Gasteiger charge is 2.38. The van der Waals surface area contributed by atoms with Crippen LogP contribution in [0.1, 0.15) is 17.7 Å². The summed E-state index contributed by atoms with van der Waals surface area (Å²) in [5.74, 6) is -0.130. The summed E-state index contributed by atoms with van der Waals surface area (Å²) in [7, 11) is 0. The molecule has 1 fully saturated rings. The van der Waals surface area contributed by atoms with Crippen molar-refractivity contribution >= 4 is 22.9 Å². The van der Waals surface area contributed by atoms with Crippen LogP contribution < -0.4 is 16.1 Å². The minimum atomic E-state index is -4.93. The molecule has 0 saturated carbocycles. The van der Waals surface area contributed by atoms with Crippen LogP contribution in [-0.2, 0) is 28.4 Å². The van der Waals surface area contributed by atoms with Gasteiger partial charge in [-0.2, -0.15) is 31.4 Å². The Labute approximate surface area is 208 Å². The maximum atomic E-state index is 13.3. The van der Waals surface area contributed by atoms with Crippen molar-refractivity contribution < 1.29 is 35.9 Å². The normalized spacial score (nSPS) is 14.9. The number of hydrogen-bond acceptors (Lipinski definition) is 8. The van der Waals surface area contributed by atoms with Gasteiger partial charge in [-0.25, -0.2) is 19.4 Å². The highest BCUT2D eigenvalue weighted by atomic mass is 19.4. The molecule has 0 unspecified atom stereocenters. The number of carbonyl (C=O) groups excluding carboxylic acids is 1. The lowest BCUT2D eigenvalue weighted by atomic mass is 10.3. The van der Waals surface area contributed by atoms with Gasteiger partial charge in [0, 0.05) is 38.6 Å². The van der Waals surface area contributed by atoms with Crippen LogP contribution in [-0.4, -0.2) is 79.9 Å². The molecule has 1 amide bonds. The van der Waals surface area contributed by atoms with E-state index in [1.807, 2.05) is 0 Å². The summed E-state index contributed by atoms with van der Waals surface area (Å²) in [6.07, 6.45) is -8.10. The van der Waals surface area contributed by atoms with E-state index in [9.17, 15) is 40.7 Å². The van der Waals surface area contributed by atoms with Crippen molar-refractivity contribution in [2.45, 2.75) is 25.3 Å². The monoisotopic (exact) mass is 550 g/mol. The largest absolute Gasteiger partial charge is 0.436 e. The third-order valence-electron chi connectivity index (χ3n) is 5.70. The van der Waals surface area contributed by atoms with Crippen molar-refractivity contribution in [3.8, 4) is 0 Å². The van der Waals surface area contributed by atoms with Gasteiger partial charge in [0.2, 0.25) is 11.9 Å². The Balaban J connectivity index is 1.25. The van der Waals surface area contributed by atoms with Gasteiger partial charge in [0.05, 0.1) is 31.7 Å². The summed E-state index contributed by atoms with van der Waals surface area (Å²) in [4.78, 5) is 50.4. The molecule has 1 aliphatic rings. The highest BCUT2D eigenvalue weighted by Crippen LogP contribution is 2.31. The first-order chi connectivity index (χ1) is 17.8.